The molecule has 0 radical (unpaired) electrons. The van der Waals surface area contributed by atoms with Crippen molar-refractivity contribution in [3.8, 4) is 0 Å². The molecule has 0 fully saturated rings. The fraction of sp³-hybridized carbons (Fsp3) is 0.953. The Morgan fingerprint density at radius 2 is 0.673 bits per heavy atom. The van der Waals surface area contributed by atoms with Crippen LogP contribution in [0.15, 0.2) is 0 Å². The zero-order valence-electron chi connectivity index (χ0n) is 33.1. The number of carbonyl (C=O) groups excluding carboxylic acids is 2. The monoisotopic (exact) mass is 696 g/mol. The van der Waals surface area contributed by atoms with Gasteiger partial charge in [0.1, 0.15) is 0 Å². The van der Waals surface area contributed by atoms with Crippen LogP contribution in [0.2, 0.25) is 0 Å². The molecule has 6 nitrogen and oxygen atoms in total. The number of esters is 2. The maximum atomic E-state index is 12.1. The number of hydrogen-bond acceptors (Lipinski definition) is 6. The van der Waals surface area contributed by atoms with Gasteiger partial charge in [-0.3, -0.25) is 9.59 Å². The first-order valence-corrected chi connectivity index (χ1v) is 21.8. The number of aliphatic hydroxyl groups excluding tert-OH is 1. The van der Waals surface area contributed by atoms with Crippen molar-refractivity contribution in [2.45, 2.75) is 226 Å². The Morgan fingerprint density at radius 3 is 1.02 bits per heavy atom. The van der Waals surface area contributed by atoms with Crippen LogP contribution in [0.4, 0.5) is 0 Å². The molecule has 0 rings (SSSR count). The highest BCUT2D eigenvalue weighted by molar-refractivity contribution is 5.69. The number of carbonyl (C=O) groups is 2. The number of ether oxygens (including phenoxy) is 2. The van der Waals surface area contributed by atoms with Crippen LogP contribution < -0.4 is 0 Å². The van der Waals surface area contributed by atoms with Crippen molar-refractivity contribution in [1.82, 2.24) is 4.90 Å². The van der Waals surface area contributed by atoms with Gasteiger partial charge in [-0.2, -0.15) is 0 Å². The Morgan fingerprint density at radius 1 is 0.388 bits per heavy atom. The van der Waals surface area contributed by atoms with Crippen LogP contribution in [0.3, 0.4) is 0 Å². The van der Waals surface area contributed by atoms with E-state index in [2.05, 4.69) is 18.7 Å². The smallest absolute Gasteiger partial charge is 0.305 e. The molecule has 0 saturated heterocycles. The van der Waals surface area contributed by atoms with Gasteiger partial charge in [-0.15, -0.1) is 0 Å². The lowest BCUT2D eigenvalue weighted by Gasteiger charge is -2.21. The van der Waals surface area contributed by atoms with Crippen molar-refractivity contribution in [2.24, 2.45) is 0 Å². The SMILES string of the molecule is CCCCCCCCCCCCCCCCCOC(=O)CCCCCCCN(CCO)CCCCCC(=O)OCCCCCCCCCC. The maximum Gasteiger partial charge on any atom is 0.305 e. The number of unbranched alkanes of at least 4 members (excludes halogenated alkanes) is 27. The van der Waals surface area contributed by atoms with E-state index in [1.54, 1.807) is 0 Å². The Kier molecular flexibility index (Phi) is 40.3. The highest BCUT2D eigenvalue weighted by Crippen LogP contribution is 2.14. The maximum absolute atomic E-state index is 12.1. The molecule has 6 heteroatoms. The molecular weight excluding hydrogens is 610 g/mol. The van der Waals surface area contributed by atoms with Crippen molar-refractivity contribution in [3.63, 3.8) is 0 Å². The van der Waals surface area contributed by atoms with Crippen LogP contribution in [0.25, 0.3) is 0 Å². The molecule has 0 aliphatic heterocycles. The van der Waals surface area contributed by atoms with Crippen molar-refractivity contribution in [3.05, 3.63) is 0 Å². The van der Waals surface area contributed by atoms with E-state index in [-0.39, 0.29) is 18.5 Å². The predicted octanol–water partition coefficient (Wildman–Crippen LogP) is 12.3. The van der Waals surface area contributed by atoms with E-state index >= 15 is 0 Å². The summed E-state index contributed by atoms with van der Waals surface area (Å²) in [6.07, 6.45) is 39.6. The second kappa shape index (κ2) is 41.3. The van der Waals surface area contributed by atoms with Crippen molar-refractivity contribution >= 4 is 11.9 Å². The van der Waals surface area contributed by atoms with E-state index < -0.39 is 0 Å². The van der Waals surface area contributed by atoms with Gasteiger partial charge in [-0.25, -0.2) is 0 Å². The summed E-state index contributed by atoms with van der Waals surface area (Å²) in [6.45, 7) is 8.56. The van der Waals surface area contributed by atoms with Gasteiger partial charge in [0.05, 0.1) is 19.8 Å². The van der Waals surface area contributed by atoms with Crippen LogP contribution in [0, 0.1) is 0 Å². The molecule has 0 aliphatic rings. The minimum atomic E-state index is -0.0522. The number of nitrogens with zero attached hydrogens (tertiary/aromatic N) is 1. The quantitative estimate of drug-likeness (QED) is 0.0507. The second-order valence-corrected chi connectivity index (χ2v) is 14.8. The Labute approximate surface area is 305 Å². The first-order valence-electron chi connectivity index (χ1n) is 21.8. The van der Waals surface area contributed by atoms with E-state index in [1.807, 2.05) is 0 Å². The molecule has 0 heterocycles. The molecule has 0 aromatic rings. The minimum Gasteiger partial charge on any atom is -0.466 e. The fourth-order valence-electron chi connectivity index (χ4n) is 6.62. The van der Waals surface area contributed by atoms with Crippen LogP contribution in [0.5, 0.6) is 0 Å². The molecule has 0 bridgehead atoms. The van der Waals surface area contributed by atoms with E-state index in [0.717, 1.165) is 83.7 Å². The summed E-state index contributed by atoms with van der Waals surface area (Å²) in [6, 6.07) is 0. The van der Waals surface area contributed by atoms with Gasteiger partial charge in [0.15, 0.2) is 0 Å². The van der Waals surface area contributed by atoms with Gasteiger partial charge in [-0.05, 0) is 51.6 Å². The average Bonchev–Trinajstić information content (AvgIpc) is 3.10. The summed E-state index contributed by atoms with van der Waals surface area (Å²) in [5.41, 5.74) is 0. The highest BCUT2D eigenvalue weighted by atomic mass is 16.5. The molecule has 292 valence electrons. The first-order chi connectivity index (χ1) is 24.1. The van der Waals surface area contributed by atoms with E-state index in [0.29, 0.717) is 32.6 Å². The lowest BCUT2D eigenvalue weighted by molar-refractivity contribution is -0.144. The molecule has 0 spiro atoms. The van der Waals surface area contributed by atoms with E-state index in [9.17, 15) is 14.7 Å². The zero-order valence-corrected chi connectivity index (χ0v) is 33.1. The summed E-state index contributed by atoms with van der Waals surface area (Å²) in [5, 5.41) is 9.46. The number of aliphatic hydroxyl groups is 1. The average molecular weight is 696 g/mol. The fourth-order valence-corrected chi connectivity index (χ4v) is 6.62. The molecule has 0 unspecified atom stereocenters. The largest absolute Gasteiger partial charge is 0.466 e. The number of rotatable bonds is 41. The second-order valence-electron chi connectivity index (χ2n) is 14.8. The Hall–Kier alpha value is -1.14. The molecule has 0 aliphatic carbocycles. The summed E-state index contributed by atoms with van der Waals surface area (Å²) >= 11 is 0. The minimum absolute atomic E-state index is 0.0313. The topological polar surface area (TPSA) is 76.1 Å². The summed E-state index contributed by atoms with van der Waals surface area (Å²) < 4.78 is 10.9. The summed E-state index contributed by atoms with van der Waals surface area (Å²) in [5.74, 6) is -0.0834. The van der Waals surface area contributed by atoms with Crippen molar-refractivity contribution in [1.29, 1.82) is 0 Å². The van der Waals surface area contributed by atoms with Gasteiger partial charge >= 0.3 is 11.9 Å². The van der Waals surface area contributed by atoms with Gasteiger partial charge in [0.2, 0.25) is 0 Å². The van der Waals surface area contributed by atoms with Crippen LogP contribution in [-0.2, 0) is 19.1 Å². The third-order valence-corrected chi connectivity index (χ3v) is 9.90. The van der Waals surface area contributed by atoms with Gasteiger partial charge < -0.3 is 19.5 Å². The third kappa shape index (κ3) is 39.5. The lowest BCUT2D eigenvalue weighted by Crippen LogP contribution is -2.29. The molecular formula is C43H85NO5. The molecule has 0 aromatic carbocycles. The summed E-state index contributed by atoms with van der Waals surface area (Å²) in [7, 11) is 0. The molecule has 0 amide bonds. The van der Waals surface area contributed by atoms with Gasteiger partial charge in [0.25, 0.3) is 0 Å². The van der Waals surface area contributed by atoms with Crippen LogP contribution >= 0.6 is 0 Å². The Bertz CT molecular complexity index is 673. The summed E-state index contributed by atoms with van der Waals surface area (Å²) in [4.78, 5) is 26.4. The van der Waals surface area contributed by atoms with Crippen molar-refractivity contribution < 1.29 is 24.2 Å². The Balaban J connectivity index is 3.50. The van der Waals surface area contributed by atoms with Crippen LogP contribution in [-0.4, -0.2) is 61.4 Å². The predicted molar refractivity (Wildman–Crippen MR) is 209 cm³/mol. The zero-order chi connectivity index (χ0) is 35.7. The molecule has 49 heavy (non-hydrogen) atoms. The third-order valence-electron chi connectivity index (χ3n) is 9.90. The van der Waals surface area contributed by atoms with Gasteiger partial charge in [0, 0.05) is 19.4 Å². The first kappa shape index (κ1) is 47.9. The highest BCUT2D eigenvalue weighted by Gasteiger charge is 2.07. The number of hydrogen-bond donors (Lipinski definition) is 1. The van der Waals surface area contributed by atoms with Crippen molar-refractivity contribution in [2.75, 3.05) is 39.5 Å². The molecule has 1 N–H and O–H groups in total. The lowest BCUT2D eigenvalue weighted by atomic mass is 10.0. The normalized spacial score (nSPS) is 11.4. The standard InChI is InChI=1S/C43H85NO5/c1-3-5-7-9-11-13-14-15-16-17-18-19-21-26-33-40-48-42(46)34-28-23-22-24-30-36-44(38-39-45)37-31-27-29-35-43(47)49-41-32-25-20-12-10-8-6-4-2/h45H,3-41H2,1-2H3. The van der Waals surface area contributed by atoms with E-state index in [1.165, 1.54) is 128 Å². The molecule has 0 saturated carbocycles. The molecule has 0 aromatic heterocycles. The van der Waals surface area contributed by atoms with Crippen LogP contribution in [0.1, 0.15) is 226 Å². The van der Waals surface area contributed by atoms with Gasteiger partial charge in [-0.1, -0.05) is 174 Å². The molecule has 0 atom stereocenters. The van der Waals surface area contributed by atoms with E-state index in [4.69, 9.17) is 9.47 Å².